The van der Waals surface area contributed by atoms with Gasteiger partial charge in [-0.1, -0.05) is 13.0 Å². The van der Waals surface area contributed by atoms with Crippen LogP contribution >= 0.6 is 0 Å². The number of halogens is 5. The van der Waals surface area contributed by atoms with Crippen LogP contribution in [-0.2, 0) is 23.9 Å². The quantitative estimate of drug-likeness (QED) is 0.637. The van der Waals surface area contributed by atoms with Crippen molar-refractivity contribution in [1.29, 1.82) is 0 Å². The number of rotatable bonds is 5. The number of carbonyl (C=O) groups is 1. The topological polar surface area (TPSA) is 58.1 Å². The Labute approximate surface area is 182 Å². The van der Waals surface area contributed by atoms with Crippen molar-refractivity contribution >= 4 is 17.4 Å². The molecule has 0 spiro atoms. The summed E-state index contributed by atoms with van der Waals surface area (Å²) in [7, 11) is 0. The van der Waals surface area contributed by atoms with Crippen molar-refractivity contribution in [3.8, 4) is 0 Å². The lowest BCUT2D eigenvalue weighted by Gasteiger charge is -2.31. The predicted octanol–water partition coefficient (Wildman–Crippen LogP) is 5.13. The molecule has 1 fully saturated rings. The molecule has 1 aliphatic carbocycles. The van der Waals surface area contributed by atoms with E-state index in [2.05, 4.69) is 15.3 Å². The number of hydrogen-bond acceptors (Lipinski definition) is 4. The molecule has 0 aromatic carbocycles. The van der Waals surface area contributed by atoms with E-state index in [1.165, 1.54) is 19.2 Å². The number of nitrogens with one attached hydrogen (secondary N) is 1. The predicted molar refractivity (Wildman–Crippen MR) is 109 cm³/mol. The van der Waals surface area contributed by atoms with Gasteiger partial charge in [-0.25, -0.2) is 13.8 Å². The van der Waals surface area contributed by atoms with Gasteiger partial charge in [0, 0.05) is 37.5 Å². The second-order valence-corrected chi connectivity index (χ2v) is 8.86. The Morgan fingerprint density at radius 2 is 2.00 bits per heavy atom. The van der Waals surface area contributed by atoms with Crippen molar-refractivity contribution in [2.24, 2.45) is 5.41 Å². The molecule has 2 aromatic rings. The van der Waals surface area contributed by atoms with Crippen LogP contribution in [0.3, 0.4) is 0 Å². The van der Waals surface area contributed by atoms with Gasteiger partial charge in [0.2, 0.25) is 5.91 Å². The third-order valence-corrected chi connectivity index (χ3v) is 6.12. The Bertz CT molecular complexity index is 1040. The maximum atomic E-state index is 13.4. The first-order valence-electron chi connectivity index (χ1n) is 10.3. The van der Waals surface area contributed by atoms with Crippen molar-refractivity contribution < 1.29 is 26.7 Å². The molecular formula is C22H23F5N4O. The lowest BCUT2D eigenvalue weighted by molar-refractivity contribution is -0.141. The van der Waals surface area contributed by atoms with Crippen molar-refractivity contribution in [2.45, 2.75) is 58.2 Å². The third-order valence-electron chi connectivity index (χ3n) is 6.12. The fraction of sp³-hybridized carbons (Fsp3) is 0.500. The van der Waals surface area contributed by atoms with Gasteiger partial charge in [0.05, 0.1) is 11.4 Å². The van der Waals surface area contributed by atoms with E-state index in [4.69, 9.17) is 0 Å². The average molecular weight is 454 g/mol. The third kappa shape index (κ3) is 4.40. The molecule has 10 heteroatoms. The average Bonchev–Trinajstić information content (AvgIpc) is 3.18. The monoisotopic (exact) mass is 454 g/mol. The second kappa shape index (κ2) is 7.67. The van der Waals surface area contributed by atoms with Gasteiger partial charge in [0.15, 0.2) is 0 Å². The van der Waals surface area contributed by atoms with Crippen LogP contribution in [0, 0.1) is 12.3 Å². The lowest BCUT2D eigenvalue weighted by atomic mass is 10.0. The summed E-state index contributed by atoms with van der Waals surface area (Å²) in [5, 5.41) is 2.66. The Kier molecular flexibility index (Phi) is 5.37. The smallest absolute Gasteiger partial charge is 0.366 e. The maximum Gasteiger partial charge on any atom is 0.433 e. The number of anilines is 2. The van der Waals surface area contributed by atoms with Crippen LogP contribution in [0.15, 0.2) is 24.4 Å². The van der Waals surface area contributed by atoms with Gasteiger partial charge in [-0.2, -0.15) is 13.2 Å². The minimum Gasteiger partial charge on any atom is -0.366 e. The number of carbonyl (C=O) groups excluding carboxylic acids is 1. The minimum atomic E-state index is -4.48. The summed E-state index contributed by atoms with van der Waals surface area (Å²) in [6.45, 7) is 4.24. The first-order valence-corrected chi connectivity index (χ1v) is 10.3. The molecule has 2 aromatic heterocycles. The van der Waals surface area contributed by atoms with Crippen molar-refractivity contribution in [2.75, 3.05) is 16.8 Å². The van der Waals surface area contributed by atoms with Crippen LogP contribution in [-0.4, -0.2) is 28.3 Å². The summed E-state index contributed by atoms with van der Waals surface area (Å²) in [6, 6.07) is 4.24. The molecule has 3 heterocycles. The second-order valence-electron chi connectivity index (χ2n) is 8.86. The van der Waals surface area contributed by atoms with Crippen LogP contribution in [0.5, 0.6) is 0 Å². The molecule has 4 rings (SSSR count). The highest BCUT2D eigenvalue weighted by molar-refractivity contribution is 5.91. The zero-order valence-electron chi connectivity index (χ0n) is 17.7. The molecule has 1 atom stereocenters. The summed E-state index contributed by atoms with van der Waals surface area (Å²) in [4.78, 5) is 22.4. The number of alkyl halides is 5. The van der Waals surface area contributed by atoms with E-state index in [0.29, 0.717) is 36.5 Å². The Hall–Kier alpha value is -2.78. The number of aryl methyl sites for hydroxylation is 2. The van der Waals surface area contributed by atoms with Crippen LogP contribution in [0.25, 0.3) is 0 Å². The van der Waals surface area contributed by atoms with Gasteiger partial charge >= 0.3 is 6.18 Å². The van der Waals surface area contributed by atoms with Crippen LogP contribution in [0.1, 0.15) is 48.7 Å². The molecule has 2 aliphatic rings. The van der Waals surface area contributed by atoms with Gasteiger partial charge in [0.25, 0.3) is 5.92 Å². The standard InChI is InChI=1S/C22H23F5N4O/c1-13-8-16-15(29-19(13)30-18(32)9-20(2)12-21(20,23)24)4-3-7-31(16)11-14-5-6-17(28-10-14)22(25,26)27/h5-6,8,10H,3-4,7,9,11-12H2,1-2H3,(H,29,30,32)/t20-/m1/s1. The number of fused-ring (bicyclic) bond motifs is 1. The fourth-order valence-electron chi connectivity index (χ4n) is 4.02. The van der Waals surface area contributed by atoms with E-state index in [1.807, 2.05) is 11.0 Å². The molecule has 0 saturated heterocycles. The number of nitrogens with zero attached hydrogens (tertiary/aromatic N) is 3. The number of aromatic nitrogens is 2. The van der Waals surface area contributed by atoms with E-state index >= 15 is 0 Å². The Balaban J connectivity index is 1.48. The van der Waals surface area contributed by atoms with Gasteiger partial charge in [0.1, 0.15) is 11.5 Å². The number of amides is 1. The molecule has 1 amide bonds. The number of hydrogen-bond donors (Lipinski definition) is 1. The molecule has 0 radical (unpaired) electrons. The van der Waals surface area contributed by atoms with E-state index in [9.17, 15) is 26.7 Å². The van der Waals surface area contributed by atoms with E-state index in [1.54, 1.807) is 6.92 Å². The largest absolute Gasteiger partial charge is 0.433 e. The Morgan fingerprint density at radius 3 is 2.59 bits per heavy atom. The molecular weight excluding hydrogens is 431 g/mol. The molecule has 172 valence electrons. The van der Waals surface area contributed by atoms with Gasteiger partial charge in [-0.3, -0.25) is 9.78 Å². The van der Waals surface area contributed by atoms with Gasteiger partial charge in [-0.05, 0) is 43.0 Å². The van der Waals surface area contributed by atoms with Crippen LogP contribution in [0.4, 0.5) is 33.5 Å². The zero-order valence-corrected chi connectivity index (χ0v) is 17.7. The maximum absolute atomic E-state index is 13.4. The molecule has 1 saturated carbocycles. The van der Waals surface area contributed by atoms with E-state index in [-0.39, 0.29) is 12.8 Å². The van der Waals surface area contributed by atoms with Crippen molar-refractivity contribution in [3.05, 3.63) is 46.9 Å². The van der Waals surface area contributed by atoms with E-state index < -0.39 is 29.1 Å². The van der Waals surface area contributed by atoms with Crippen molar-refractivity contribution in [3.63, 3.8) is 0 Å². The molecule has 0 bridgehead atoms. The van der Waals surface area contributed by atoms with Crippen molar-refractivity contribution in [1.82, 2.24) is 9.97 Å². The number of pyridine rings is 2. The zero-order chi connectivity index (χ0) is 23.3. The SMILES string of the molecule is Cc1cc2c(nc1NC(=O)C[C@]1(C)CC1(F)F)CCCN2Cc1ccc(C(F)(F)F)nc1. The van der Waals surface area contributed by atoms with Gasteiger partial charge < -0.3 is 10.2 Å². The minimum absolute atomic E-state index is 0.273. The molecule has 1 aliphatic heterocycles. The summed E-state index contributed by atoms with van der Waals surface area (Å²) in [5.74, 6) is -2.96. The summed E-state index contributed by atoms with van der Waals surface area (Å²) in [5.41, 5.74) is 0.677. The summed E-state index contributed by atoms with van der Waals surface area (Å²) in [6.07, 6.45) is -2.36. The van der Waals surface area contributed by atoms with E-state index in [0.717, 1.165) is 23.9 Å². The fourth-order valence-corrected chi connectivity index (χ4v) is 4.02. The summed E-state index contributed by atoms with van der Waals surface area (Å²) >= 11 is 0. The normalized spacial score (nSPS) is 21.8. The first kappa shape index (κ1) is 22.4. The Morgan fingerprint density at radius 1 is 1.28 bits per heavy atom. The highest BCUT2D eigenvalue weighted by Crippen LogP contribution is 2.62. The molecule has 32 heavy (non-hydrogen) atoms. The summed E-state index contributed by atoms with van der Waals surface area (Å²) < 4.78 is 65.0. The van der Waals surface area contributed by atoms with Gasteiger partial charge in [-0.15, -0.1) is 0 Å². The molecule has 1 N–H and O–H groups in total. The molecule has 0 unspecified atom stereocenters. The first-order chi connectivity index (χ1) is 14.9. The van der Waals surface area contributed by atoms with Crippen LogP contribution in [0.2, 0.25) is 0 Å². The highest BCUT2D eigenvalue weighted by atomic mass is 19.4. The molecule has 5 nitrogen and oxygen atoms in total. The van der Waals surface area contributed by atoms with Crippen LogP contribution < -0.4 is 10.2 Å². The lowest BCUT2D eigenvalue weighted by Crippen LogP contribution is -2.30. The highest BCUT2D eigenvalue weighted by Gasteiger charge is 2.68.